The first kappa shape index (κ1) is 21.0. The van der Waals surface area contributed by atoms with Gasteiger partial charge in [0.25, 0.3) is 5.91 Å². The van der Waals surface area contributed by atoms with Crippen LogP contribution < -0.4 is 5.32 Å². The lowest BCUT2D eigenvalue weighted by Crippen LogP contribution is -2.03. The molecule has 2 heterocycles. The number of thioether (sulfide) groups is 1. The van der Waals surface area contributed by atoms with Crippen molar-refractivity contribution in [2.45, 2.75) is 37.3 Å². The summed E-state index contributed by atoms with van der Waals surface area (Å²) in [6, 6.07) is 16.3. The van der Waals surface area contributed by atoms with E-state index in [1.807, 2.05) is 50.3 Å². The van der Waals surface area contributed by atoms with E-state index in [0.29, 0.717) is 12.0 Å². The number of aryl methyl sites for hydroxylation is 1. The SMILES string of the molecule is Cc1[nH]c(/C=C2\C(=O)Nc3ccc(SCc4ccccc4)cc32)c(C)c1CCC(=O)O. The fourth-order valence-corrected chi connectivity index (χ4v) is 4.74. The van der Waals surface area contributed by atoms with Crippen LogP contribution in [0.5, 0.6) is 0 Å². The van der Waals surface area contributed by atoms with Crippen LogP contribution in [0.3, 0.4) is 0 Å². The number of hydrogen-bond donors (Lipinski definition) is 3. The number of nitrogens with one attached hydrogen (secondary N) is 2. The van der Waals surface area contributed by atoms with Gasteiger partial charge in [-0.1, -0.05) is 30.3 Å². The van der Waals surface area contributed by atoms with Gasteiger partial charge in [-0.15, -0.1) is 11.8 Å². The molecule has 0 unspecified atom stereocenters. The molecule has 1 aliphatic rings. The van der Waals surface area contributed by atoms with E-state index in [4.69, 9.17) is 5.11 Å². The Labute approximate surface area is 185 Å². The standard InChI is InChI=1S/C25H24N2O3S/c1-15-19(9-11-24(28)29)16(2)26-23(15)13-21-20-12-18(8-10-22(20)27-25(21)30)31-14-17-6-4-3-5-7-17/h3-8,10,12-13,26H,9,11,14H2,1-2H3,(H,27,30)(H,28,29)/b21-13-. The number of hydrogen-bond acceptors (Lipinski definition) is 3. The molecule has 1 amide bonds. The molecule has 0 bridgehead atoms. The largest absolute Gasteiger partial charge is 0.481 e. The molecule has 4 rings (SSSR count). The van der Waals surface area contributed by atoms with E-state index in [-0.39, 0.29) is 12.3 Å². The van der Waals surface area contributed by atoms with Crippen molar-refractivity contribution in [1.29, 1.82) is 0 Å². The van der Waals surface area contributed by atoms with Gasteiger partial charge in [0.2, 0.25) is 0 Å². The Morgan fingerprint density at radius 2 is 1.90 bits per heavy atom. The van der Waals surface area contributed by atoms with Crippen LogP contribution in [0.4, 0.5) is 5.69 Å². The van der Waals surface area contributed by atoms with Gasteiger partial charge >= 0.3 is 5.97 Å². The van der Waals surface area contributed by atoms with E-state index in [2.05, 4.69) is 28.5 Å². The van der Waals surface area contributed by atoms with Crippen LogP contribution in [0, 0.1) is 13.8 Å². The number of amides is 1. The number of carboxylic acid groups (broad SMARTS) is 1. The number of H-pyrrole nitrogens is 1. The first-order valence-electron chi connectivity index (χ1n) is 10.2. The highest BCUT2D eigenvalue weighted by Crippen LogP contribution is 2.37. The van der Waals surface area contributed by atoms with E-state index in [1.54, 1.807) is 11.8 Å². The first-order chi connectivity index (χ1) is 14.9. The number of anilines is 1. The van der Waals surface area contributed by atoms with Crippen LogP contribution in [0.2, 0.25) is 0 Å². The lowest BCUT2D eigenvalue weighted by Gasteiger charge is -2.05. The minimum atomic E-state index is -0.815. The minimum absolute atomic E-state index is 0.0842. The fraction of sp³-hybridized carbons (Fsp3) is 0.200. The topological polar surface area (TPSA) is 82.2 Å². The smallest absolute Gasteiger partial charge is 0.303 e. The van der Waals surface area contributed by atoms with Crippen molar-refractivity contribution in [3.05, 3.63) is 82.2 Å². The van der Waals surface area contributed by atoms with Crippen molar-refractivity contribution in [2.75, 3.05) is 5.32 Å². The Hall–Kier alpha value is -3.25. The molecule has 0 saturated heterocycles. The molecule has 0 atom stereocenters. The number of aromatic nitrogens is 1. The summed E-state index contributed by atoms with van der Waals surface area (Å²) in [5, 5.41) is 11.9. The minimum Gasteiger partial charge on any atom is -0.481 e. The number of rotatable bonds is 7. The number of carbonyl (C=O) groups is 2. The molecular weight excluding hydrogens is 408 g/mol. The van der Waals surface area contributed by atoms with Crippen molar-refractivity contribution in [1.82, 2.24) is 4.98 Å². The zero-order valence-corrected chi connectivity index (χ0v) is 18.3. The summed E-state index contributed by atoms with van der Waals surface area (Å²) in [7, 11) is 0. The van der Waals surface area contributed by atoms with E-state index in [0.717, 1.165) is 44.4 Å². The number of benzene rings is 2. The maximum absolute atomic E-state index is 12.7. The van der Waals surface area contributed by atoms with Crippen molar-refractivity contribution < 1.29 is 14.7 Å². The van der Waals surface area contributed by atoms with Crippen LogP contribution in [0.1, 0.15) is 40.1 Å². The molecule has 0 saturated carbocycles. The normalized spacial score (nSPS) is 14.0. The lowest BCUT2D eigenvalue weighted by atomic mass is 10.0. The molecule has 3 N–H and O–H groups in total. The van der Waals surface area contributed by atoms with Crippen molar-refractivity contribution in [3.8, 4) is 0 Å². The Balaban J connectivity index is 1.61. The second-order valence-electron chi connectivity index (χ2n) is 7.65. The summed E-state index contributed by atoms with van der Waals surface area (Å²) < 4.78 is 0. The molecule has 0 radical (unpaired) electrons. The van der Waals surface area contributed by atoms with E-state index < -0.39 is 5.97 Å². The Morgan fingerprint density at radius 1 is 1.13 bits per heavy atom. The fourth-order valence-electron chi connectivity index (χ4n) is 3.85. The number of carboxylic acids is 1. The predicted octanol–water partition coefficient (Wildman–Crippen LogP) is 5.43. The van der Waals surface area contributed by atoms with Crippen molar-refractivity contribution >= 4 is 41.0 Å². The maximum atomic E-state index is 12.7. The third-order valence-electron chi connectivity index (χ3n) is 5.53. The third kappa shape index (κ3) is 4.59. The highest BCUT2D eigenvalue weighted by Gasteiger charge is 2.25. The molecule has 1 aliphatic heterocycles. The number of aromatic amines is 1. The monoisotopic (exact) mass is 432 g/mol. The van der Waals surface area contributed by atoms with Crippen LogP contribution in [0.15, 0.2) is 53.4 Å². The van der Waals surface area contributed by atoms with Gasteiger partial charge in [0.1, 0.15) is 0 Å². The Kier molecular flexibility index (Phi) is 6.00. The van der Waals surface area contributed by atoms with Gasteiger partial charge in [0, 0.05) is 39.7 Å². The van der Waals surface area contributed by atoms with E-state index in [1.165, 1.54) is 5.56 Å². The number of fused-ring (bicyclic) bond motifs is 1. The molecule has 0 spiro atoms. The van der Waals surface area contributed by atoms with Crippen LogP contribution >= 0.6 is 11.8 Å². The van der Waals surface area contributed by atoms with Crippen LogP contribution in [0.25, 0.3) is 11.6 Å². The van der Waals surface area contributed by atoms with Gasteiger partial charge in [-0.2, -0.15) is 0 Å². The van der Waals surface area contributed by atoms with Gasteiger partial charge in [0.05, 0.1) is 5.57 Å². The van der Waals surface area contributed by atoms with Gasteiger partial charge in [-0.25, -0.2) is 0 Å². The number of carbonyl (C=O) groups excluding carboxylic acids is 1. The molecule has 31 heavy (non-hydrogen) atoms. The summed E-state index contributed by atoms with van der Waals surface area (Å²) in [6.07, 6.45) is 2.43. The summed E-state index contributed by atoms with van der Waals surface area (Å²) in [5.74, 6) is -0.0782. The molecule has 6 heteroatoms. The van der Waals surface area contributed by atoms with Gasteiger partial charge in [0.15, 0.2) is 0 Å². The zero-order chi connectivity index (χ0) is 22.0. The maximum Gasteiger partial charge on any atom is 0.303 e. The molecule has 158 valence electrons. The summed E-state index contributed by atoms with van der Waals surface area (Å²) in [5.41, 5.74) is 7.35. The molecule has 2 aromatic carbocycles. The predicted molar refractivity (Wildman–Crippen MR) is 125 cm³/mol. The lowest BCUT2D eigenvalue weighted by molar-refractivity contribution is -0.137. The second kappa shape index (κ2) is 8.86. The Bertz CT molecular complexity index is 1180. The van der Waals surface area contributed by atoms with Gasteiger partial charge < -0.3 is 15.4 Å². The van der Waals surface area contributed by atoms with Crippen molar-refractivity contribution in [2.24, 2.45) is 0 Å². The average Bonchev–Trinajstić information content (AvgIpc) is 3.20. The average molecular weight is 433 g/mol. The molecule has 0 fully saturated rings. The first-order valence-corrected chi connectivity index (χ1v) is 11.1. The van der Waals surface area contributed by atoms with E-state index in [9.17, 15) is 9.59 Å². The summed E-state index contributed by atoms with van der Waals surface area (Å²) in [4.78, 5) is 28.1. The highest BCUT2D eigenvalue weighted by atomic mass is 32.2. The zero-order valence-electron chi connectivity index (χ0n) is 17.5. The summed E-state index contributed by atoms with van der Waals surface area (Å²) >= 11 is 1.74. The van der Waals surface area contributed by atoms with E-state index >= 15 is 0 Å². The van der Waals surface area contributed by atoms with Crippen LogP contribution in [-0.2, 0) is 21.8 Å². The summed E-state index contributed by atoms with van der Waals surface area (Å²) in [6.45, 7) is 3.90. The van der Waals surface area contributed by atoms with Gasteiger partial charge in [-0.3, -0.25) is 9.59 Å². The molecule has 3 aromatic rings. The van der Waals surface area contributed by atoms with Crippen LogP contribution in [-0.4, -0.2) is 22.0 Å². The molecule has 1 aromatic heterocycles. The quantitative estimate of drug-likeness (QED) is 0.343. The molecule has 0 aliphatic carbocycles. The second-order valence-corrected chi connectivity index (χ2v) is 8.70. The molecule has 5 nitrogen and oxygen atoms in total. The number of aliphatic carboxylic acids is 1. The van der Waals surface area contributed by atoms with Gasteiger partial charge in [-0.05, 0) is 61.2 Å². The van der Waals surface area contributed by atoms with Crippen molar-refractivity contribution in [3.63, 3.8) is 0 Å². The third-order valence-corrected chi connectivity index (χ3v) is 6.60. The Morgan fingerprint density at radius 3 is 2.65 bits per heavy atom. The highest BCUT2D eigenvalue weighted by molar-refractivity contribution is 7.98. The molecular formula is C25H24N2O3S.